The molecule has 2 rings (SSSR count). The highest BCUT2D eigenvalue weighted by Gasteiger charge is 2.20. The van der Waals surface area contributed by atoms with E-state index in [2.05, 4.69) is 31.3 Å². The maximum Gasteiger partial charge on any atom is 0.137 e. The van der Waals surface area contributed by atoms with Crippen molar-refractivity contribution in [3.8, 4) is 11.5 Å². The molecule has 0 saturated carbocycles. The van der Waals surface area contributed by atoms with Crippen LogP contribution in [-0.2, 0) is 5.54 Å². The molecule has 0 atom stereocenters. The van der Waals surface area contributed by atoms with E-state index in [1.165, 1.54) is 0 Å². The van der Waals surface area contributed by atoms with E-state index in [9.17, 15) is 0 Å². The van der Waals surface area contributed by atoms with Gasteiger partial charge in [0.2, 0.25) is 0 Å². The molecule has 0 spiro atoms. The third kappa shape index (κ3) is 3.61. The van der Waals surface area contributed by atoms with Crippen LogP contribution < -0.4 is 14.8 Å². The smallest absolute Gasteiger partial charge is 0.137 e. The maximum absolute atomic E-state index is 6.16. The lowest BCUT2D eigenvalue weighted by atomic mass is 9.94. The van der Waals surface area contributed by atoms with Gasteiger partial charge in [0.05, 0.1) is 24.8 Å². The van der Waals surface area contributed by atoms with Crippen molar-refractivity contribution in [1.82, 2.24) is 0 Å². The van der Waals surface area contributed by atoms with Crippen LogP contribution in [0.5, 0.6) is 11.5 Å². The van der Waals surface area contributed by atoms with Crippen molar-refractivity contribution in [3.63, 3.8) is 0 Å². The summed E-state index contributed by atoms with van der Waals surface area (Å²) in [6.07, 6.45) is 0. The van der Waals surface area contributed by atoms with E-state index in [0.717, 1.165) is 17.0 Å². The van der Waals surface area contributed by atoms with Crippen LogP contribution in [0, 0.1) is 0 Å². The summed E-state index contributed by atoms with van der Waals surface area (Å²) in [5, 5.41) is 4.07. The molecule has 0 aromatic heterocycles. The third-order valence-electron chi connectivity index (χ3n) is 3.42. The molecule has 4 heteroatoms. The summed E-state index contributed by atoms with van der Waals surface area (Å²) >= 11 is 6.16. The number of ether oxygens (including phenoxy) is 2. The van der Waals surface area contributed by atoms with E-state index >= 15 is 0 Å². The predicted molar refractivity (Wildman–Crippen MR) is 87.6 cm³/mol. The Kier molecular flexibility index (Phi) is 4.63. The fourth-order valence-electron chi connectivity index (χ4n) is 2.18. The van der Waals surface area contributed by atoms with Crippen LogP contribution in [0.4, 0.5) is 5.69 Å². The molecule has 2 aromatic carbocycles. The quantitative estimate of drug-likeness (QED) is 0.868. The Hall–Kier alpha value is -1.87. The molecule has 21 heavy (non-hydrogen) atoms. The van der Waals surface area contributed by atoms with Crippen LogP contribution in [0.1, 0.15) is 19.4 Å². The summed E-state index contributed by atoms with van der Waals surface area (Å²) < 4.78 is 10.4. The van der Waals surface area contributed by atoms with Gasteiger partial charge >= 0.3 is 0 Å². The zero-order chi connectivity index (χ0) is 15.5. The minimum atomic E-state index is -0.232. The lowest BCUT2D eigenvalue weighted by molar-refractivity contribution is 0.414. The van der Waals surface area contributed by atoms with Crippen molar-refractivity contribution in [1.29, 1.82) is 0 Å². The van der Waals surface area contributed by atoms with Crippen molar-refractivity contribution in [2.75, 3.05) is 19.5 Å². The van der Waals surface area contributed by atoms with Crippen LogP contribution in [0.3, 0.4) is 0 Å². The predicted octanol–water partition coefficient (Wildman–Crippen LogP) is 4.70. The van der Waals surface area contributed by atoms with E-state index in [4.69, 9.17) is 21.1 Å². The first-order valence-corrected chi connectivity index (χ1v) is 7.10. The molecule has 112 valence electrons. The molecular formula is C17H20ClNO2. The zero-order valence-corrected chi connectivity index (χ0v) is 13.5. The molecule has 1 N–H and O–H groups in total. The normalized spacial score (nSPS) is 11.1. The molecule has 0 aliphatic rings. The average Bonchev–Trinajstić information content (AvgIpc) is 2.47. The van der Waals surface area contributed by atoms with Gasteiger partial charge in [-0.3, -0.25) is 0 Å². The van der Waals surface area contributed by atoms with Crippen molar-refractivity contribution in [2.24, 2.45) is 0 Å². The minimum absolute atomic E-state index is 0.232. The molecule has 0 unspecified atom stereocenters. The van der Waals surface area contributed by atoms with Crippen LogP contribution >= 0.6 is 11.6 Å². The lowest BCUT2D eigenvalue weighted by Crippen LogP contribution is -2.27. The summed E-state index contributed by atoms with van der Waals surface area (Å²) in [6.45, 7) is 4.24. The molecule has 3 nitrogen and oxygen atoms in total. The first kappa shape index (κ1) is 15.5. The fraction of sp³-hybridized carbons (Fsp3) is 0.294. The number of nitrogens with one attached hydrogen (secondary N) is 1. The van der Waals surface area contributed by atoms with E-state index in [1.54, 1.807) is 14.2 Å². The molecule has 0 heterocycles. The van der Waals surface area contributed by atoms with Gasteiger partial charge in [0, 0.05) is 5.69 Å². The Morgan fingerprint density at radius 2 is 1.62 bits per heavy atom. The molecule has 0 aliphatic heterocycles. The van der Waals surface area contributed by atoms with E-state index in [-0.39, 0.29) is 5.54 Å². The van der Waals surface area contributed by atoms with Crippen LogP contribution in [-0.4, -0.2) is 14.2 Å². The summed E-state index contributed by atoms with van der Waals surface area (Å²) in [7, 11) is 3.27. The van der Waals surface area contributed by atoms with Gasteiger partial charge < -0.3 is 14.8 Å². The first-order valence-electron chi connectivity index (χ1n) is 6.72. The summed E-state index contributed by atoms with van der Waals surface area (Å²) in [4.78, 5) is 0. The molecule has 0 saturated heterocycles. The molecule has 2 aromatic rings. The van der Waals surface area contributed by atoms with Crippen molar-refractivity contribution < 1.29 is 9.47 Å². The van der Waals surface area contributed by atoms with Gasteiger partial charge in [0.25, 0.3) is 0 Å². The highest BCUT2D eigenvalue weighted by atomic mass is 35.5. The molecular weight excluding hydrogens is 286 g/mol. The van der Waals surface area contributed by atoms with Gasteiger partial charge in [0.15, 0.2) is 0 Å². The first-order chi connectivity index (χ1) is 9.96. The second-order valence-corrected chi connectivity index (χ2v) is 5.74. The van der Waals surface area contributed by atoms with Gasteiger partial charge in [-0.05, 0) is 49.7 Å². The number of hydrogen-bond acceptors (Lipinski definition) is 3. The van der Waals surface area contributed by atoms with Crippen molar-refractivity contribution in [3.05, 3.63) is 53.1 Å². The van der Waals surface area contributed by atoms with Gasteiger partial charge in [-0.1, -0.05) is 23.7 Å². The monoisotopic (exact) mass is 305 g/mol. The van der Waals surface area contributed by atoms with Crippen LogP contribution in [0.2, 0.25) is 5.02 Å². The van der Waals surface area contributed by atoms with Gasteiger partial charge in [0.1, 0.15) is 11.5 Å². The number of halogens is 1. The minimum Gasteiger partial charge on any atom is -0.497 e. The van der Waals surface area contributed by atoms with Crippen molar-refractivity contribution >= 4 is 17.3 Å². The average molecular weight is 306 g/mol. The molecule has 0 bridgehead atoms. The third-order valence-corrected chi connectivity index (χ3v) is 3.72. The largest absolute Gasteiger partial charge is 0.497 e. The zero-order valence-electron chi connectivity index (χ0n) is 12.7. The van der Waals surface area contributed by atoms with Crippen LogP contribution in [0.15, 0.2) is 42.5 Å². The molecule has 0 amide bonds. The Morgan fingerprint density at radius 3 is 2.14 bits per heavy atom. The lowest BCUT2D eigenvalue weighted by Gasteiger charge is -2.28. The number of methoxy groups -OCH3 is 2. The Balaban J connectivity index is 2.21. The van der Waals surface area contributed by atoms with Gasteiger partial charge in [-0.15, -0.1) is 0 Å². The maximum atomic E-state index is 6.16. The Labute approximate surface area is 130 Å². The fourth-order valence-corrected chi connectivity index (χ4v) is 2.44. The van der Waals surface area contributed by atoms with Crippen LogP contribution in [0.25, 0.3) is 0 Å². The van der Waals surface area contributed by atoms with E-state index in [0.29, 0.717) is 10.8 Å². The van der Waals surface area contributed by atoms with Gasteiger partial charge in [-0.25, -0.2) is 0 Å². The van der Waals surface area contributed by atoms with Crippen molar-refractivity contribution in [2.45, 2.75) is 19.4 Å². The standard InChI is InChI=1S/C17H20ClNO2/c1-17(2,12-5-8-14(20-3)9-6-12)19-13-7-10-16(21-4)15(18)11-13/h5-11,19H,1-4H3. The Morgan fingerprint density at radius 1 is 0.952 bits per heavy atom. The SMILES string of the molecule is COc1ccc(C(C)(C)Nc2ccc(OC)c(Cl)c2)cc1. The molecule has 0 fully saturated rings. The summed E-state index contributed by atoms with van der Waals surface area (Å²) in [5.41, 5.74) is 1.88. The van der Waals surface area contributed by atoms with E-state index in [1.807, 2.05) is 30.3 Å². The number of anilines is 1. The molecule has 0 radical (unpaired) electrons. The van der Waals surface area contributed by atoms with E-state index < -0.39 is 0 Å². The van der Waals surface area contributed by atoms with Gasteiger partial charge in [-0.2, -0.15) is 0 Å². The second kappa shape index (κ2) is 6.27. The summed E-state index contributed by atoms with van der Waals surface area (Å²) in [5.74, 6) is 1.52. The highest BCUT2D eigenvalue weighted by molar-refractivity contribution is 6.32. The second-order valence-electron chi connectivity index (χ2n) is 5.33. The number of rotatable bonds is 5. The topological polar surface area (TPSA) is 30.5 Å². The highest BCUT2D eigenvalue weighted by Crippen LogP contribution is 2.31. The number of benzene rings is 2. The molecule has 0 aliphatic carbocycles. The number of hydrogen-bond donors (Lipinski definition) is 1. The Bertz CT molecular complexity index is 609. The summed E-state index contributed by atoms with van der Waals surface area (Å²) in [6, 6.07) is 13.7.